The number of aromatic nitrogens is 2. The van der Waals surface area contributed by atoms with Gasteiger partial charge in [-0.2, -0.15) is 0 Å². The first kappa shape index (κ1) is 17.0. The molecule has 1 aromatic heterocycles. The third kappa shape index (κ3) is 4.57. The van der Waals surface area contributed by atoms with Crippen molar-refractivity contribution < 1.29 is 0 Å². The van der Waals surface area contributed by atoms with Crippen LogP contribution in [0.2, 0.25) is 0 Å². The zero-order valence-electron chi connectivity index (χ0n) is 15.2. The van der Waals surface area contributed by atoms with Crippen molar-refractivity contribution in [2.24, 2.45) is 0 Å². The van der Waals surface area contributed by atoms with E-state index in [1.165, 1.54) is 22.3 Å². The fourth-order valence-corrected chi connectivity index (χ4v) is 2.83. The van der Waals surface area contributed by atoms with Crippen LogP contribution in [-0.4, -0.2) is 9.97 Å². The van der Waals surface area contributed by atoms with Gasteiger partial charge in [-0.1, -0.05) is 47.5 Å². The molecule has 0 amide bonds. The maximum Gasteiger partial charge on any atom is 0.136 e. The van der Waals surface area contributed by atoms with Gasteiger partial charge in [0.15, 0.2) is 0 Å². The van der Waals surface area contributed by atoms with Crippen molar-refractivity contribution in [3.63, 3.8) is 0 Å². The van der Waals surface area contributed by atoms with Gasteiger partial charge in [-0.05, 0) is 44.9 Å². The Hall–Kier alpha value is -2.88. The van der Waals surface area contributed by atoms with Crippen LogP contribution in [0.3, 0.4) is 0 Å². The van der Waals surface area contributed by atoms with Crippen LogP contribution < -0.4 is 10.6 Å². The van der Waals surface area contributed by atoms with Crippen LogP contribution in [0.25, 0.3) is 0 Å². The summed E-state index contributed by atoms with van der Waals surface area (Å²) in [7, 11) is 0. The van der Waals surface area contributed by atoms with Crippen LogP contribution in [0, 0.1) is 27.7 Å². The summed E-state index contributed by atoms with van der Waals surface area (Å²) in [6, 6.07) is 16.8. The van der Waals surface area contributed by atoms with Gasteiger partial charge in [-0.25, -0.2) is 9.97 Å². The molecule has 1 heterocycles. The standard InChI is InChI=1S/C21H24N4/c1-14-6-5-7-18(11-14)13-22-20-12-21(24-17(4)23-20)25-19-9-8-15(2)10-16(19)3/h5-12H,13H2,1-4H3,(H2,22,23,24,25). The van der Waals surface area contributed by atoms with Gasteiger partial charge >= 0.3 is 0 Å². The summed E-state index contributed by atoms with van der Waals surface area (Å²) in [6.07, 6.45) is 0. The van der Waals surface area contributed by atoms with Crippen molar-refractivity contribution in [3.05, 3.63) is 76.6 Å². The summed E-state index contributed by atoms with van der Waals surface area (Å²) in [6.45, 7) is 8.94. The molecule has 2 N–H and O–H groups in total. The molecule has 0 radical (unpaired) electrons. The molecule has 4 nitrogen and oxygen atoms in total. The second-order valence-electron chi connectivity index (χ2n) is 6.47. The third-order valence-electron chi connectivity index (χ3n) is 4.04. The Bertz CT molecular complexity index is 887. The second kappa shape index (κ2) is 7.34. The van der Waals surface area contributed by atoms with Crippen LogP contribution in [0.15, 0.2) is 48.5 Å². The molecule has 25 heavy (non-hydrogen) atoms. The smallest absolute Gasteiger partial charge is 0.136 e. The van der Waals surface area contributed by atoms with Crippen LogP contribution in [0.1, 0.15) is 28.1 Å². The number of hydrogen-bond acceptors (Lipinski definition) is 4. The first-order chi connectivity index (χ1) is 12.0. The predicted octanol–water partition coefficient (Wildman–Crippen LogP) is 5.07. The molecule has 0 aliphatic heterocycles. The molecule has 0 bridgehead atoms. The van der Waals surface area contributed by atoms with Gasteiger partial charge in [-0.15, -0.1) is 0 Å². The molecule has 3 rings (SSSR count). The van der Waals surface area contributed by atoms with E-state index in [0.717, 1.165) is 29.7 Å². The Kier molecular flexibility index (Phi) is 4.98. The summed E-state index contributed by atoms with van der Waals surface area (Å²) < 4.78 is 0. The highest BCUT2D eigenvalue weighted by molar-refractivity contribution is 5.63. The lowest BCUT2D eigenvalue weighted by molar-refractivity contribution is 1.02. The van der Waals surface area contributed by atoms with Crippen LogP contribution in [-0.2, 0) is 6.54 Å². The van der Waals surface area contributed by atoms with E-state index >= 15 is 0 Å². The molecule has 0 aliphatic carbocycles. The predicted molar refractivity (Wildman–Crippen MR) is 104 cm³/mol. The minimum absolute atomic E-state index is 0.737. The van der Waals surface area contributed by atoms with Gasteiger partial charge in [0.25, 0.3) is 0 Å². The SMILES string of the molecule is Cc1cccc(CNc2cc(Nc3ccc(C)cc3C)nc(C)n2)c1. The van der Waals surface area contributed by atoms with Crippen LogP contribution in [0.5, 0.6) is 0 Å². The molecular formula is C21H24N4. The average molecular weight is 332 g/mol. The van der Waals surface area contributed by atoms with Crippen LogP contribution in [0.4, 0.5) is 17.3 Å². The summed E-state index contributed by atoms with van der Waals surface area (Å²) in [4.78, 5) is 8.99. The molecule has 0 saturated carbocycles. The molecule has 0 fully saturated rings. The van der Waals surface area contributed by atoms with Gasteiger partial charge in [0, 0.05) is 18.3 Å². The number of benzene rings is 2. The Balaban J connectivity index is 1.76. The first-order valence-electron chi connectivity index (χ1n) is 8.49. The van der Waals surface area contributed by atoms with Crippen molar-refractivity contribution in [2.75, 3.05) is 10.6 Å². The molecule has 0 aliphatic rings. The number of aryl methyl sites for hydroxylation is 4. The number of rotatable bonds is 5. The van der Waals surface area contributed by atoms with Crippen molar-refractivity contribution in [2.45, 2.75) is 34.2 Å². The average Bonchev–Trinajstić information content (AvgIpc) is 2.55. The molecule has 3 aromatic rings. The third-order valence-corrected chi connectivity index (χ3v) is 4.04. The summed E-state index contributed by atoms with van der Waals surface area (Å²) >= 11 is 0. The van der Waals surface area contributed by atoms with Crippen molar-refractivity contribution >= 4 is 17.3 Å². The molecule has 0 unspecified atom stereocenters. The molecule has 2 aromatic carbocycles. The fraction of sp³-hybridized carbons (Fsp3) is 0.238. The summed E-state index contributed by atoms with van der Waals surface area (Å²) in [5, 5.41) is 6.78. The Labute approximate surface area is 149 Å². The minimum Gasteiger partial charge on any atom is -0.366 e. The highest BCUT2D eigenvalue weighted by atomic mass is 15.1. The minimum atomic E-state index is 0.737. The maximum atomic E-state index is 4.50. The zero-order chi connectivity index (χ0) is 17.8. The lowest BCUT2D eigenvalue weighted by Gasteiger charge is -2.12. The highest BCUT2D eigenvalue weighted by Crippen LogP contribution is 2.22. The monoisotopic (exact) mass is 332 g/mol. The van der Waals surface area contributed by atoms with Gasteiger partial charge in [0.2, 0.25) is 0 Å². The van der Waals surface area contributed by atoms with E-state index in [-0.39, 0.29) is 0 Å². The van der Waals surface area contributed by atoms with Crippen LogP contribution >= 0.6 is 0 Å². The van der Waals surface area contributed by atoms with Crippen molar-refractivity contribution in [3.8, 4) is 0 Å². The Morgan fingerprint density at radius 1 is 0.800 bits per heavy atom. The molecule has 0 saturated heterocycles. The van der Waals surface area contributed by atoms with Gasteiger partial charge < -0.3 is 10.6 Å². The molecule has 4 heteroatoms. The van der Waals surface area contributed by atoms with Crippen molar-refractivity contribution in [1.29, 1.82) is 0 Å². The summed E-state index contributed by atoms with van der Waals surface area (Å²) in [5.41, 5.74) is 6.01. The maximum absolute atomic E-state index is 4.50. The Morgan fingerprint density at radius 3 is 2.32 bits per heavy atom. The van der Waals surface area contributed by atoms with E-state index in [2.05, 4.69) is 83.8 Å². The Morgan fingerprint density at radius 2 is 1.56 bits per heavy atom. The number of nitrogens with zero attached hydrogens (tertiary/aromatic N) is 2. The normalized spacial score (nSPS) is 10.6. The molecular weight excluding hydrogens is 308 g/mol. The number of hydrogen-bond donors (Lipinski definition) is 2. The largest absolute Gasteiger partial charge is 0.366 e. The number of nitrogens with one attached hydrogen (secondary N) is 2. The van der Waals surface area contributed by atoms with E-state index < -0.39 is 0 Å². The number of anilines is 3. The van der Waals surface area contributed by atoms with E-state index in [9.17, 15) is 0 Å². The van der Waals surface area contributed by atoms with Gasteiger partial charge in [0.1, 0.15) is 17.5 Å². The van der Waals surface area contributed by atoms with E-state index in [4.69, 9.17) is 0 Å². The van der Waals surface area contributed by atoms with E-state index in [1.807, 2.05) is 13.0 Å². The first-order valence-corrected chi connectivity index (χ1v) is 8.49. The summed E-state index contributed by atoms with van der Waals surface area (Å²) in [5.74, 6) is 2.36. The molecule has 0 spiro atoms. The van der Waals surface area contributed by atoms with E-state index in [0.29, 0.717) is 0 Å². The highest BCUT2D eigenvalue weighted by Gasteiger charge is 2.05. The lowest BCUT2D eigenvalue weighted by Crippen LogP contribution is -2.05. The van der Waals surface area contributed by atoms with E-state index in [1.54, 1.807) is 0 Å². The van der Waals surface area contributed by atoms with Gasteiger partial charge in [-0.3, -0.25) is 0 Å². The fourth-order valence-electron chi connectivity index (χ4n) is 2.83. The molecule has 0 atom stereocenters. The second-order valence-corrected chi connectivity index (χ2v) is 6.47. The zero-order valence-corrected chi connectivity index (χ0v) is 15.2. The quantitative estimate of drug-likeness (QED) is 0.685. The van der Waals surface area contributed by atoms with Gasteiger partial charge in [0.05, 0.1) is 0 Å². The van der Waals surface area contributed by atoms with Crippen molar-refractivity contribution in [1.82, 2.24) is 9.97 Å². The molecule has 128 valence electrons. The lowest BCUT2D eigenvalue weighted by atomic mass is 10.1. The topological polar surface area (TPSA) is 49.8 Å².